The zero-order valence-electron chi connectivity index (χ0n) is 21.6. The lowest BCUT2D eigenvalue weighted by molar-refractivity contribution is 0.171. The molecule has 0 aromatic heterocycles. The molecule has 1 aliphatic heterocycles. The molecule has 0 aliphatic carbocycles. The molecule has 1 heterocycles. The van der Waals surface area contributed by atoms with E-state index >= 15 is 0 Å². The molecule has 0 saturated carbocycles. The molecule has 0 saturated heterocycles. The summed E-state index contributed by atoms with van der Waals surface area (Å²) in [5.74, 6) is 5.13. The molecule has 7 heteroatoms. The molecular weight excluding hydrogens is 460 g/mol. The SMILES string of the molecule is COc1cc(OC)c(CCc2cc(OC)c(OC)c(OC)c2)cc1CCc1ccc2c(c1)OCCO2. The van der Waals surface area contributed by atoms with Crippen molar-refractivity contribution in [2.24, 2.45) is 0 Å². The van der Waals surface area contributed by atoms with Crippen LogP contribution in [0.25, 0.3) is 0 Å². The van der Waals surface area contributed by atoms with E-state index in [-0.39, 0.29) is 0 Å². The first kappa shape index (κ1) is 25.4. The van der Waals surface area contributed by atoms with Gasteiger partial charge in [-0.2, -0.15) is 0 Å². The third-order valence-corrected chi connectivity index (χ3v) is 6.38. The molecule has 192 valence electrons. The second-order valence-electron chi connectivity index (χ2n) is 8.49. The lowest BCUT2D eigenvalue weighted by Crippen LogP contribution is -2.15. The van der Waals surface area contributed by atoms with Crippen molar-refractivity contribution in [2.45, 2.75) is 25.7 Å². The summed E-state index contributed by atoms with van der Waals surface area (Å²) in [5, 5.41) is 0. The van der Waals surface area contributed by atoms with Gasteiger partial charge in [0.1, 0.15) is 24.7 Å². The standard InChI is InChI=1S/C29H34O7/c1-30-24-18-25(31-2)22(10-7-20-15-27(32-3)29(34-5)28(16-20)33-4)17-21(24)9-6-19-8-11-23-26(14-19)36-13-12-35-23/h8,11,14-18H,6-7,9-10,12-13H2,1-5H3. The number of ether oxygens (including phenoxy) is 7. The van der Waals surface area contributed by atoms with Gasteiger partial charge in [-0.3, -0.25) is 0 Å². The topological polar surface area (TPSA) is 64.6 Å². The summed E-state index contributed by atoms with van der Waals surface area (Å²) in [6.07, 6.45) is 3.24. The zero-order chi connectivity index (χ0) is 25.5. The molecule has 0 atom stereocenters. The van der Waals surface area contributed by atoms with E-state index in [0.717, 1.165) is 65.4 Å². The molecule has 0 amide bonds. The molecule has 0 radical (unpaired) electrons. The van der Waals surface area contributed by atoms with Crippen LogP contribution in [0.4, 0.5) is 0 Å². The number of rotatable bonds is 11. The van der Waals surface area contributed by atoms with Gasteiger partial charge in [0.2, 0.25) is 5.75 Å². The van der Waals surface area contributed by atoms with Crippen LogP contribution in [-0.4, -0.2) is 48.8 Å². The predicted octanol–water partition coefficient (Wildman–Crippen LogP) is 5.07. The van der Waals surface area contributed by atoms with E-state index in [2.05, 4.69) is 18.2 Å². The van der Waals surface area contributed by atoms with Crippen LogP contribution in [0.1, 0.15) is 22.3 Å². The minimum atomic E-state index is 0.581. The van der Waals surface area contributed by atoms with Crippen LogP contribution in [0.2, 0.25) is 0 Å². The molecule has 0 spiro atoms. The fourth-order valence-corrected chi connectivity index (χ4v) is 4.51. The second kappa shape index (κ2) is 11.8. The molecule has 0 bridgehead atoms. The van der Waals surface area contributed by atoms with E-state index in [1.54, 1.807) is 35.5 Å². The normalized spacial score (nSPS) is 12.1. The number of hydrogen-bond acceptors (Lipinski definition) is 7. The van der Waals surface area contributed by atoms with Gasteiger partial charge in [-0.25, -0.2) is 0 Å². The van der Waals surface area contributed by atoms with Gasteiger partial charge in [0.05, 0.1) is 35.5 Å². The molecule has 36 heavy (non-hydrogen) atoms. The Morgan fingerprint density at radius 2 is 1.08 bits per heavy atom. The molecule has 3 aromatic carbocycles. The van der Waals surface area contributed by atoms with Gasteiger partial charge >= 0.3 is 0 Å². The number of methoxy groups -OCH3 is 5. The van der Waals surface area contributed by atoms with E-state index in [4.69, 9.17) is 33.2 Å². The number of fused-ring (bicyclic) bond motifs is 1. The molecule has 7 nitrogen and oxygen atoms in total. The van der Waals surface area contributed by atoms with Crippen molar-refractivity contribution in [2.75, 3.05) is 48.8 Å². The highest BCUT2D eigenvalue weighted by Crippen LogP contribution is 2.39. The van der Waals surface area contributed by atoms with Crippen LogP contribution >= 0.6 is 0 Å². The average Bonchev–Trinajstić information content (AvgIpc) is 2.93. The zero-order valence-corrected chi connectivity index (χ0v) is 21.6. The van der Waals surface area contributed by atoms with Crippen LogP contribution < -0.4 is 33.2 Å². The van der Waals surface area contributed by atoms with Crippen LogP contribution in [-0.2, 0) is 25.7 Å². The molecular formula is C29H34O7. The van der Waals surface area contributed by atoms with E-state index in [1.165, 1.54) is 5.56 Å². The summed E-state index contributed by atoms with van der Waals surface area (Å²) < 4.78 is 39.3. The highest BCUT2D eigenvalue weighted by molar-refractivity contribution is 5.54. The minimum Gasteiger partial charge on any atom is -0.496 e. The lowest BCUT2D eigenvalue weighted by Gasteiger charge is -2.19. The second-order valence-corrected chi connectivity index (χ2v) is 8.49. The Kier molecular flexibility index (Phi) is 8.31. The van der Waals surface area contributed by atoms with Crippen LogP contribution in [0.5, 0.6) is 40.2 Å². The third kappa shape index (κ3) is 5.56. The highest BCUT2D eigenvalue weighted by Gasteiger charge is 2.16. The quantitative estimate of drug-likeness (QED) is 0.369. The maximum absolute atomic E-state index is 5.74. The van der Waals surface area contributed by atoms with Crippen LogP contribution in [0, 0.1) is 0 Å². The van der Waals surface area contributed by atoms with E-state index < -0.39 is 0 Å². The van der Waals surface area contributed by atoms with Gasteiger partial charge < -0.3 is 33.2 Å². The largest absolute Gasteiger partial charge is 0.496 e. The Hall–Kier alpha value is -3.74. The smallest absolute Gasteiger partial charge is 0.203 e. The Bertz CT molecular complexity index is 1160. The fourth-order valence-electron chi connectivity index (χ4n) is 4.51. The molecule has 0 unspecified atom stereocenters. The van der Waals surface area contributed by atoms with E-state index in [1.807, 2.05) is 24.3 Å². The first-order chi connectivity index (χ1) is 17.6. The molecule has 0 N–H and O–H groups in total. The van der Waals surface area contributed by atoms with Crippen LogP contribution in [0.3, 0.4) is 0 Å². The summed E-state index contributed by atoms with van der Waals surface area (Å²) in [5.41, 5.74) is 4.52. The number of hydrogen-bond donors (Lipinski definition) is 0. The van der Waals surface area contributed by atoms with Gasteiger partial charge in [0.15, 0.2) is 23.0 Å². The van der Waals surface area contributed by atoms with Crippen molar-refractivity contribution in [3.63, 3.8) is 0 Å². The highest BCUT2D eigenvalue weighted by atomic mass is 16.6. The average molecular weight is 495 g/mol. The molecule has 4 rings (SSSR count). The van der Waals surface area contributed by atoms with Crippen molar-refractivity contribution in [3.05, 3.63) is 64.7 Å². The minimum absolute atomic E-state index is 0.581. The first-order valence-electron chi connectivity index (χ1n) is 12.0. The fraction of sp³-hybridized carbons (Fsp3) is 0.379. The summed E-state index contributed by atoms with van der Waals surface area (Å²) in [6, 6.07) is 14.3. The van der Waals surface area contributed by atoms with Crippen molar-refractivity contribution in [1.29, 1.82) is 0 Å². The Balaban J connectivity index is 1.54. The number of aryl methyl sites for hydroxylation is 4. The Labute approximate surface area is 212 Å². The van der Waals surface area contributed by atoms with Gasteiger partial charge in [0.25, 0.3) is 0 Å². The maximum atomic E-state index is 5.74. The maximum Gasteiger partial charge on any atom is 0.203 e. The van der Waals surface area contributed by atoms with Gasteiger partial charge in [-0.15, -0.1) is 0 Å². The Morgan fingerprint density at radius 1 is 0.528 bits per heavy atom. The van der Waals surface area contributed by atoms with Crippen molar-refractivity contribution in [1.82, 2.24) is 0 Å². The van der Waals surface area contributed by atoms with Gasteiger partial charge in [0, 0.05) is 6.07 Å². The summed E-state index contributed by atoms with van der Waals surface area (Å²) >= 11 is 0. The summed E-state index contributed by atoms with van der Waals surface area (Å²) in [4.78, 5) is 0. The van der Waals surface area contributed by atoms with E-state index in [0.29, 0.717) is 30.5 Å². The molecule has 0 fully saturated rings. The monoisotopic (exact) mass is 494 g/mol. The van der Waals surface area contributed by atoms with E-state index in [9.17, 15) is 0 Å². The third-order valence-electron chi connectivity index (χ3n) is 6.38. The van der Waals surface area contributed by atoms with Crippen molar-refractivity contribution >= 4 is 0 Å². The first-order valence-corrected chi connectivity index (χ1v) is 12.0. The van der Waals surface area contributed by atoms with Gasteiger partial charge in [-0.05, 0) is 78.3 Å². The van der Waals surface area contributed by atoms with Crippen molar-refractivity contribution < 1.29 is 33.2 Å². The summed E-state index contributed by atoms with van der Waals surface area (Å²) in [6.45, 7) is 1.17. The molecule has 1 aliphatic rings. The lowest BCUT2D eigenvalue weighted by atomic mass is 9.97. The number of benzene rings is 3. The van der Waals surface area contributed by atoms with Gasteiger partial charge in [-0.1, -0.05) is 6.07 Å². The van der Waals surface area contributed by atoms with Crippen LogP contribution in [0.15, 0.2) is 42.5 Å². The summed E-state index contributed by atoms with van der Waals surface area (Å²) in [7, 11) is 8.24. The van der Waals surface area contributed by atoms with Crippen molar-refractivity contribution in [3.8, 4) is 40.2 Å². The predicted molar refractivity (Wildman–Crippen MR) is 138 cm³/mol. The Morgan fingerprint density at radius 3 is 1.64 bits per heavy atom. The molecule has 3 aromatic rings.